The molecule has 1 aliphatic heterocycles. The summed E-state index contributed by atoms with van der Waals surface area (Å²) in [5.74, 6) is -0.512. The molecule has 3 rings (SSSR count). The number of likely N-dealkylation sites (tertiary alicyclic amines) is 1. The molecule has 1 aliphatic rings. The van der Waals surface area contributed by atoms with E-state index < -0.39 is 17.6 Å². The number of halogens is 3. The predicted molar refractivity (Wildman–Crippen MR) is 100 cm³/mol. The maximum absolute atomic E-state index is 13.1. The minimum absolute atomic E-state index is 0.0755. The van der Waals surface area contributed by atoms with Crippen molar-refractivity contribution in [2.24, 2.45) is 5.73 Å². The van der Waals surface area contributed by atoms with Gasteiger partial charge in [-0.05, 0) is 23.8 Å². The fourth-order valence-electron chi connectivity index (χ4n) is 3.37. The van der Waals surface area contributed by atoms with Gasteiger partial charge in [0.2, 0.25) is 0 Å². The summed E-state index contributed by atoms with van der Waals surface area (Å²) in [4.78, 5) is 14.5. The van der Waals surface area contributed by atoms with Crippen molar-refractivity contribution in [3.8, 4) is 5.75 Å². The van der Waals surface area contributed by atoms with Crippen molar-refractivity contribution < 1.29 is 22.7 Å². The Bertz CT molecular complexity index is 852. The number of hydrogen-bond donors (Lipinski definition) is 1. The molecular formula is C21H21F3N2O2. The molecule has 28 heavy (non-hydrogen) atoms. The largest absolute Gasteiger partial charge is 0.489 e. The number of hydrogen-bond acceptors (Lipinski definition) is 3. The van der Waals surface area contributed by atoms with Crippen molar-refractivity contribution >= 4 is 5.91 Å². The van der Waals surface area contributed by atoms with Gasteiger partial charge in [0.1, 0.15) is 12.4 Å². The van der Waals surface area contributed by atoms with Gasteiger partial charge in [-0.3, -0.25) is 4.79 Å². The Kier molecular flexibility index (Phi) is 5.74. The summed E-state index contributed by atoms with van der Waals surface area (Å²) >= 11 is 0. The van der Waals surface area contributed by atoms with Crippen molar-refractivity contribution in [1.29, 1.82) is 0 Å². The van der Waals surface area contributed by atoms with Gasteiger partial charge in [-0.2, -0.15) is 13.2 Å². The number of benzene rings is 2. The lowest BCUT2D eigenvalue weighted by Gasteiger charge is -2.20. The molecule has 0 radical (unpaired) electrons. The lowest BCUT2D eigenvalue weighted by molar-refractivity contribution is -0.137. The summed E-state index contributed by atoms with van der Waals surface area (Å²) in [7, 11) is 0. The molecule has 2 N–H and O–H groups in total. The molecule has 0 saturated carbocycles. The van der Waals surface area contributed by atoms with E-state index in [9.17, 15) is 18.0 Å². The Hall–Kier alpha value is -2.80. The summed E-state index contributed by atoms with van der Waals surface area (Å²) in [6, 6.07) is 12.1. The first-order valence-electron chi connectivity index (χ1n) is 8.86. The molecule has 0 bridgehead atoms. The van der Waals surface area contributed by atoms with Crippen LogP contribution in [-0.2, 0) is 6.18 Å². The zero-order valence-electron chi connectivity index (χ0n) is 15.2. The van der Waals surface area contributed by atoms with Crippen LogP contribution >= 0.6 is 0 Å². The van der Waals surface area contributed by atoms with Crippen LogP contribution in [0.2, 0.25) is 0 Å². The SMILES string of the molecule is C=CCOc1ccc(C(F)(F)F)cc1C(=O)N1C[C@@H](N)[C@H](c2ccccc2)C1. The zero-order chi connectivity index (χ0) is 20.3. The molecule has 1 fully saturated rings. The van der Waals surface area contributed by atoms with Gasteiger partial charge in [0.15, 0.2) is 0 Å². The molecule has 4 nitrogen and oxygen atoms in total. The third-order valence-corrected chi connectivity index (χ3v) is 4.77. The molecule has 0 aromatic heterocycles. The van der Waals surface area contributed by atoms with E-state index in [1.807, 2.05) is 30.3 Å². The maximum Gasteiger partial charge on any atom is 0.416 e. The Balaban J connectivity index is 1.89. The first-order valence-corrected chi connectivity index (χ1v) is 8.86. The van der Waals surface area contributed by atoms with Gasteiger partial charge in [0, 0.05) is 25.0 Å². The average molecular weight is 390 g/mol. The minimum atomic E-state index is -4.56. The van der Waals surface area contributed by atoms with Crippen molar-refractivity contribution in [3.05, 3.63) is 77.9 Å². The number of nitrogens with two attached hydrogens (primary N) is 1. The molecule has 2 atom stereocenters. The Morgan fingerprint density at radius 2 is 1.93 bits per heavy atom. The number of ether oxygens (including phenoxy) is 1. The van der Waals surface area contributed by atoms with E-state index in [4.69, 9.17) is 10.5 Å². The number of nitrogens with zero attached hydrogens (tertiary/aromatic N) is 1. The lowest BCUT2D eigenvalue weighted by Crippen LogP contribution is -2.32. The van der Waals surface area contributed by atoms with Gasteiger partial charge < -0.3 is 15.4 Å². The van der Waals surface area contributed by atoms with Crippen molar-refractivity contribution in [2.45, 2.75) is 18.1 Å². The van der Waals surface area contributed by atoms with Gasteiger partial charge in [0.25, 0.3) is 5.91 Å². The Morgan fingerprint density at radius 3 is 2.57 bits per heavy atom. The van der Waals surface area contributed by atoms with Crippen LogP contribution in [0.3, 0.4) is 0 Å². The van der Waals surface area contributed by atoms with E-state index in [1.165, 1.54) is 17.0 Å². The Labute approximate surface area is 161 Å². The standard InChI is InChI=1S/C21H21F3N2O2/c1-2-10-28-19-9-8-15(21(22,23)24)11-16(19)20(27)26-12-17(18(25)13-26)14-6-4-3-5-7-14/h2-9,11,17-18H,1,10,12-13,25H2/t17-,18+/m0/s1. The quantitative estimate of drug-likeness (QED) is 0.790. The molecule has 2 aromatic rings. The van der Waals surface area contributed by atoms with E-state index >= 15 is 0 Å². The van der Waals surface area contributed by atoms with Crippen molar-refractivity contribution in [3.63, 3.8) is 0 Å². The van der Waals surface area contributed by atoms with Crippen LogP contribution in [-0.4, -0.2) is 36.5 Å². The van der Waals surface area contributed by atoms with E-state index in [0.29, 0.717) is 6.54 Å². The van der Waals surface area contributed by atoms with Crippen molar-refractivity contribution in [1.82, 2.24) is 4.90 Å². The summed E-state index contributed by atoms with van der Waals surface area (Å²) in [5, 5.41) is 0. The second-order valence-corrected chi connectivity index (χ2v) is 6.70. The van der Waals surface area contributed by atoms with Crippen LogP contribution in [0.15, 0.2) is 61.2 Å². The van der Waals surface area contributed by atoms with Crippen molar-refractivity contribution in [2.75, 3.05) is 19.7 Å². The lowest BCUT2D eigenvalue weighted by atomic mass is 9.95. The summed E-state index contributed by atoms with van der Waals surface area (Å²) in [5.41, 5.74) is 6.19. The molecule has 2 aromatic carbocycles. The topological polar surface area (TPSA) is 55.6 Å². The second kappa shape index (κ2) is 8.06. The Morgan fingerprint density at radius 1 is 1.21 bits per heavy atom. The number of amides is 1. The third kappa shape index (κ3) is 4.20. The highest BCUT2D eigenvalue weighted by Crippen LogP contribution is 2.34. The number of rotatable bonds is 5. The monoisotopic (exact) mass is 390 g/mol. The second-order valence-electron chi connectivity index (χ2n) is 6.70. The van der Waals surface area contributed by atoms with Crippen LogP contribution in [0.1, 0.15) is 27.4 Å². The van der Waals surface area contributed by atoms with E-state index in [2.05, 4.69) is 6.58 Å². The smallest absolute Gasteiger partial charge is 0.416 e. The predicted octanol–water partition coefficient (Wildman–Crippen LogP) is 3.84. The van der Waals surface area contributed by atoms with Gasteiger partial charge in [-0.25, -0.2) is 0 Å². The molecule has 1 heterocycles. The maximum atomic E-state index is 13.1. The molecule has 1 saturated heterocycles. The fourth-order valence-corrected chi connectivity index (χ4v) is 3.37. The van der Waals surface area contributed by atoms with Crippen LogP contribution in [0.25, 0.3) is 0 Å². The van der Waals surface area contributed by atoms with E-state index in [-0.39, 0.29) is 36.4 Å². The molecule has 7 heteroatoms. The number of carbonyl (C=O) groups is 1. The minimum Gasteiger partial charge on any atom is -0.489 e. The summed E-state index contributed by atoms with van der Waals surface area (Å²) in [6.45, 7) is 4.20. The van der Waals surface area contributed by atoms with Crippen LogP contribution in [0.5, 0.6) is 5.75 Å². The molecule has 0 spiro atoms. The van der Waals surface area contributed by atoms with Gasteiger partial charge >= 0.3 is 6.18 Å². The normalized spacial score (nSPS) is 19.5. The molecular weight excluding hydrogens is 369 g/mol. The molecule has 0 aliphatic carbocycles. The van der Waals surface area contributed by atoms with Crippen LogP contribution in [0, 0.1) is 0 Å². The first-order chi connectivity index (χ1) is 13.3. The molecule has 0 unspecified atom stereocenters. The van der Waals surface area contributed by atoms with Gasteiger partial charge in [-0.1, -0.05) is 43.0 Å². The van der Waals surface area contributed by atoms with Crippen LogP contribution in [0.4, 0.5) is 13.2 Å². The highest BCUT2D eigenvalue weighted by Gasteiger charge is 2.37. The highest BCUT2D eigenvalue weighted by atomic mass is 19.4. The van der Waals surface area contributed by atoms with Gasteiger partial charge in [-0.15, -0.1) is 0 Å². The zero-order valence-corrected chi connectivity index (χ0v) is 15.2. The fraction of sp³-hybridized carbons (Fsp3) is 0.286. The van der Waals surface area contributed by atoms with Gasteiger partial charge in [0.05, 0.1) is 11.1 Å². The highest BCUT2D eigenvalue weighted by molar-refractivity contribution is 5.97. The summed E-state index contributed by atoms with van der Waals surface area (Å²) < 4.78 is 44.8. The third-order valence-electron chi connectivity index (χ3n) is 4.77. The number of carbonyl (C=O) groups excluding carboxylic acids is 1. The summed E-state index contributed by atoms with van der Waals surface area (Å²) in [6.07, 6.45) is -3.09. The molecule has 1 amide bonds. The first kappa shape index (κ1) is 19.9. The van der Waals surface area contributed by atoms with E-state index in [0.717, 1.165) is 17.7 Å². The van der Waals surface area contributed by atoms with Crippen LogP contribution < -0.4 is 10.5 Å². The van der Waals surface area contributed by atoms with E-state index in [1.54, 1.807) is 0 Å². The molecule has 148 valence electrons. The average Bonchev–Trinajstić information content (AvgIpc) is 3.07. The number of alkyl halides is 3.